The lowest BCUT2D eigenvalue weighted by Gasteiger charge is -2.20. The molecule has 2 aliphatic rings. The average Bonchev–Trinajstić information content (AvgIpc) is 3.03. The van der Waals surface area contributed by atoms with Gasteiger partial charge in [0.15, 0.2) is 6.61 Å². The highest BCUT2D eigenvalue weighted by molar-refractivity contribution is 7.14. The highest BCUT2D eigenvalue weighted by Gasteiger charge is 2.24. The molecule has 1 heterocycles. The maximum absolute atomic E-state index is 12.2. The first-order chi connectivity index (χ1) is 12.0. The van der Waals surface area contributed by atoms with Gasteiger partial charge < -0.3 is 4.74 Å². The van der Waals surface area contributed by atoms with Crippen LogP contribution in [0.2, 0.25) is 0 Å². The fraction of sp³-hybridized carbons (Fsp3) is 0.632. The van der Waals surface area contributed by atoms with Crippen LogP contribution in [-0.4, -0.2) is 24.4 Å². The first-order valence-electron chi connectivity index (χ1n) is 9.15. The van der Waals surface area contributed by atoms with Gasteiger partial charge >= 0.3 is 5.97 Å². The Balaban J connectivity index is 1.47. The molecule has 0 saturated heterocycles. The van der Waals surface area contributed by atoms with Gasteiger partial charge in [-0.15, -0.1) is 11.3 Å². The van der Waals surface area contributed by atoms with Crippen LogP contribution >= 0.6 is 11.3 Å². The number of esters is 1. The van der Waals surface area contributed by atoms with Gasteiger partial charge in [0, 0.05) is 10.8 Å². The SMILES string of the molecule is CC1CCc2sc(C(=O)OCC(=O)NC(=O)C3CCCCC3)cc2C1. The van der Waals surface area contributed by atoms with Crippen LogP contribution < -0.4 is 5.32 Å². The van der Waals surface area contributed by atoms with E-state index in [1.54, 1.807) is 0 Å². The van der Waals surface area contributed by atoms with E-state index in [0.717, 1.165) is 51.4 Å². The minimum absolute atomic E-state index is 0.0839. The molecule has 1 aromatic rings. The zero-order chi connectivity index (χ0) is 17.8. The van der Waals surface area contributed by atoms with Crippen molar-refractivity contribution in [2.24, 2.45) is 11.8 Å². The van der Waals surface area contributed by atoms with E-state index in [1.807, 2.05) is 6.07 Å². The Bertz CT molecular complexity index is 660. The molecule has 1 aromatic heterocycles. The van der Waals surface area contributed by atoms with Gasteiger partial charge in [0.2, 0.25) is 5.91 Å². The molecule has 1 N–H and O–H groups in total. The number of thiophene rings is 1. The lowest BCUT2D eigenvalue weighted by atomic mass is 9.89. The molecule has 0 aromatic carbocycles. The number of nitrogens with one attached hydrogen (secondary N) is 1. The third-order valence-electron chi connectivity index (χ3n) is 5.10. The molecule has 136 valence electrons. The quantitative estimate of drug-likeness (QED) is 0.834. The molecule has 0 radical (unpaired) electrons. The number of imide groups is 1. The van der Waals surface area contributed by atoms with E-state index in [1.165, 1.54) is 21.8 Å². The fourth-order valence-corrected chi connectivity index (χ4v) is 4.75. The Kier molecular flexibility index (Phi) is 5.89. The minimum atomic E-state index is -0.543. The van der Waals surface area contributed by atoms with Crippen molar-refractivity contribution in [2.75, 3.05) is 6.61 Å². The molecule has 1 unspecified atom stereocenters. The topological polar surface area (TPSA) is 72.5 Å². The molecule has 2 aliphatic carbocycles. The first kappa shape index (κ1) is 18.1. The van der Waals surface area contributed by atoms with Crippen LogP contribution in [0.15, 0.2) is 6.07 Å². The van der Waals surface area contributed by atoms with Crippen LogP contribution in [0.25, 0.3) is 0 Å². The summed E-state index contributed by atoms with van der Waals surface area (Å²) in [4.78, 5) is 37.8. The molecule has 3 rings (SSSR count). The molecule has 25 heavy (non-hydrogen) atoms. The minimum Gasteiger partial charge on any atom is -0.451 e. The van der Waals surface area contributed by atoms with Crippen molar-refractivity contribution in [3.63, 3.8) is 0 Å². The van der Waals surface area contributed by atoms with Gasteiger partial charge in [0.25, 0.3) is 5.91 Å². The molecular weight excluding hydrogens is 338 g/mol. The molecule has 1 saturated carbocycles. The van der Waals surface area contributed by atoms with Gasteiger partial charge in [0.1, 0.15) is 4.88 Å². The summed E-state index contributed by atoms with van der Waals surface area (Å²) in [6.45, 7) is 1.81. The van der Waals surface area contributed by atoms with Crippen molar-refractivity contribution in [1.82, 2.24) is 5.32 Å². The number of fused-ring (bicyclic) bond motifs is 1. The standard InChI is InChI=1S/C19H25NO4S/c1-12-7-8-15-14(9-12)10-16(25-15)19(23)24-11-17(21)20-18(22)13-5-3-2-4-6-13/h10,12-13H,2-9,11H2,1H3,(H,20,21,22). The molecule has 1 fully saturated rings. The Morgan fingerprint density at radius 1 is 1.20 bits per heavy atom. The van der Waals surface area contributed by atoms with Crippen molar-refractivity contribution in [2.45, 2.75) is 58.3 Å². The lowest BCUT2D eigenvalue weighted by Crippen LogP contribution is -2.38. The van der Waals surface area contributed by atoms with Crippen LogP contribution in [0.1, 0.15) is 65.6 Å². The monoisotopic (exact) mass is 363 g/mol. The Hall–Kier alpha value is -1.69. The molecule has 0 aliphatic heterocycles. The summed E-state index contributed by atoms with van der Waals surface area (Å²) >= 11 is 1.46. The summed E-state index contributed by atoms with van der Waals surface area (Å²) in [5.41, 5.74) is 1.23. The summed E-state index contributed by atoms with van der Waals surface area (Å²) in [5, 5.41) is 2.36. The highest BCUT2D eigenvalue weighted by Crippen LogP contribution is 2.32. The normalized spacial score (nSPS) is 20.6. The molecule has 0 bridgehead atoms. The van der Waals surface area contributed by atoms with Crippen molar-refractivity contribution >= 4 is 29.1 Å². The molecule has 0 spiro atoms. The largest absolute Gasteiger partial charge is 0.451 e. The number of hydrogen-bond donors (Lipinski definition) is 1. The number of amides is 2. The van der Waals surface area contributed by atoms with Gasteiger partial charge in [-0.05, 0) is 49.7 Å². The molecule has 2 amide bonds. The van der Waals surface area contributed by atoms with Gasteiger partial charge in [0.05, 0.1) is 0 Å². The van der Waals surface area contributed by atoms with E-state index >= 15 is 0 Å². The Morgan fingerprint density at radius 2 is 1.96 bits per heavy atom. The average molecular weight is 363 g/mol. The molecule has 6 heteroatoms. The summed E-state index contributed by atoms with van der Waals surface area (Å²) < 4.78 is 5.09. The van der Waals surface area contributed by atoms with E-state index in [0.29, 0.717) is 10.8 Å². The summed E-state index contributed by atoms with van der Waals surface area (Å²) in [6.07, 6.45) is 8.02. The zero-order valence-electron chi connectivity index (χ0n) is 14.6. The predicted octanol–water partition coefficient (Wildman–Crippen LogP) is 3.25. The van der Waals surface area contributed by atoms with Crippen LogP contribution in [0.3, 0.4) is 0 Å². The fourth-order valence-electron chi connectivity index (χ4n) is 3.65. The van der Waals surface area contributed by atoms with E-state index in [9.17, 15) is 14.4 Å². The number of aryl methyl sites for hydroxylation is 1. The number of hydrogen-bond acceptors (Lipinski definition) is 5. The van der Waals surface area contributed by atoms with Crippen LogP contribution in [0.5, 0.6) is 0 Å². The van der Waals surface area contributed by atoms with Crippen LogP contribution in [0, 0.1) is 11.8 Å². The smallest absolute Gasteiger partial charge is 0.348 e. The predicted molar refractivity (Wildman–Crippen MR) is 95.5 cm³/mol. The second kappa shape index (κ2) is 8.13. The first-order valence-corrected chi connectivity index (χ1v) is 9.97. The highest BCUT2D eigenvalue weighted by atomic mass is 32.1. The number of rotatable bonds is 4. The summed E-state index contributed by atoms with van der Waals surface area (Å²) in [7, 11) is 0. The van der Waals surface area contributed by atoms with E-state index in [4.69, 9.17) is 4.74 Å². The second-order valence-electron chi connectivity index (χ2n) is 7.23. The van der Waals surface area contributed by atoms with Gasteiger partial charge in [-0.1, -0.05) is 26.2 Å². The van der Waals surface area contributed by atoms with Crippen LogP contribution in [0.4, 0.5) is 0 Å². The Morgan fingerprint density at radius 3 is 2.72 bits per heavy atom. The summed E-state index contributed by atoms with van der Waals surface area (Å²) in [5.74, 6) is -0.700. The lowest BCUT2D eigenvalue weighted by molar-refractivity contribution is -0.135. The molecular formula is C19H25NO4S. The van der Waals surface area contributed by atoms with Gasteiger partial charge in [-0.3, -0.25) is 14.9 Å². The van der Waals surface area contributed by atoms with Gasteiger partial charge in [-0.25, -0.2) is 4.79 Å². The Labute approximate surface area is 152 Å². The number of carbonyl (C=O) groups is 3. The van der Waals surface area contributed by atoms with E-state index in [-0.39, 0.29) is 11.8 Å². The van der Waals surface area contributed by atoms with E-state index in [2.05, 4.69) is 12.2 Å². The van der Waals surface area contributed by atoms with Crippen LogP contribution in [-0.2, 0) is 27.2 Å². The third-order valence-corrected chi connectivity index (χ3v) is 6.32. The number of carbonyl (C=O) groups excluding carboxylic acids is 3. The second-order valence-corrected chi connectivity index (χ2v) is 8.37. The maximum Gasteiger partial charge on any atom is 0.348 e. The number of ether oxygens (including phenoxy) is 1. The molecule has 1 atom stereocenters. The zero-order valence-corrected chi connectivity index (χ0v) is 15.5. The van der Waals surface area contributed by atoms with Crippen molar-refractivity contribution in [1.29, 1.82) is 0 Å². The van der Waals surface area contributed by atoms with Crippen molar-refractivity contribution < 1.29 is 19.1 Å². The van der Waals surface area contributed by atoms with Crippen molar-refractivity contribution in [3.05, 3.63) is 21.4 Å². The van der Waals surface area contributed by atoms with Gasteiger partial charge in [-0.2, -0.15) is 0 Å². The van der Waals surface area contributed by atoms with E-state index < -0.39 is 18.5 Å². The summed E-state index contributed by atoms with van der Waals surface area (Å²) in [6, 6.07) is 1.89. The maximum atomic E-state index is 12.2. The third kappa shape index (κ3) is 4.69. The molecule has 5 nitrogen and oxygen atoms in total. The van der Waals surface area contributed by atoms with Crippen molar-refractivity contribution in [3.8, 4) is 0 Å².